The maximum absolute atomic E-state index is 11.5. The Morgan fingerprint density at radius 3 is 2.79 bits per heavy atom. The standard InChI is InChI=1S/C13H13BrN2O3/c1-2-4-11(12(17)18)16-13(19)15-8-9-5-3-6-10(14)7-9/h1,3,5-7,11H,4,8H2,(H,17,18)(H2,15,16,19). The summed E-state index contributed by atoms with van der Waals surface area (Å²) in [7, 11) is 0. The zero-order valence-electron chi connectivity index (χ0n) is 10.0. The number of carboxylic acid groups (broad SMARTS) is 1. The minimum atomic E-state index is -1.16. The van der Waals surface area contributed by atoms with Gasteiger partial charge in [0.15, 0.2) is 0 Å². The quantitative estimate of drug-likeness (QED) is 0.722. The summed E-state index contributed by atoms with van der Waals surface area (Å²) in [5.74, 6) is 1.05. The van der Waals surface area contributed by atoms with E-state index in [4.69, 9.17) is 11.5 Å². The van der Waals surface area contributed by atoms with Crippen molar-refractivity contribution in [1.29, 1.82) is 0 Å². The number of urea groups is 1. The third-order valence-corrected chi connectivity index (χ3v) is 2.76. The maximum Gasteiger partial charge on any atom is 0.327 e. The number of hydrogen-bond acceptors (Lipinski definition) is 2. The average Bonchev–Trinajstić information content (AvgIpc) is 2.36. The van der Waals surface area contributed by atoms with Crippen molar-refractivity contribution in [2.45, 2.75) is 19.0 Å². The second-order valence-corrected chi connectivity index (χ2v) is 4.67. The van der Waals surface area contributed by atoms with Crippen LogP contribution in [-0.4, -0.2) is 23.1 Å². The molecule has 0 radical (unpaired) electrons. The summed E-state index contributed by atoms with van der Waals surface area (Å²) < 4.78 is 0.906. The molecule has 0 aliphatic heterocycles. The number of amides is 2. The molecule has 1 unspecified atom stereocenters. The van der Waals surface area contributed by atoms with Crippen LogP contribution in [0.3, 0.4) is 0 Å². The third kappa shape index (κ3) is 5.44. The summed E-state index contributed by atoms with van der Waals surface area (Å²) in [6, 6.07) is 5.78. The van der Waals surface area contributed by atoms with Crippen molar-refractivity contribution in [3.05, 3.63) is 34.3 Å². The zero-order valence-corrected chi connectivity index (χ0v) is 11.6. The monoisotopic (exact) mass is 324 g/mol. The van der Waals surface area contributed by atoms with Gasteiger partial charge in [-0.15, -0.1) is 12.3 Å². The lowest BCUT2D eigenvalue weighted by atomic mass is 10.2. The Hall–Kier alpha value is -2.00. The van der Waals surface area contributed by atoms with Gasteiger partial charge in [0.05, 0.1) is 0 Å². The van der Waals surface area contributed by atoms with Crippen molar-refractivity contribution in [1.82, 2.24) is 10.6 Å². The van der Waals surface area contributed by atoms with E-state index in [1.807, 2.05) is 24.3 Å². The highest BCUT2D eigenvalue weighted by Gasteiger charge is 2.18. The van der Waals surface area contributed by atoms with Gasteiger partial charge in [0.1, 0.15) is 6.04 Å². The van der Waals surface area contributed by atoms with Crippen LogP contribution < -0.4 is 10.6 Å². The van der Waals surface area contributed by atoms with Crippen LogP contribution in [0.1, 0.15) is 12.0 Å². The molecule has 2 amide bonds. The van der Waals surface area contributed by atoms with E-state index in [-0.39, 0.29) is 6.42 Å². The first-order valence-corrected chi connectivity index (χ1v) is 6.27. The predicted octanol–water partition coefficient (Wildman–Crippen LogP) is 1.72. The van der Waals surface area contributed by atoms with Gasteiger partial charge in [0.2, 0.25) is 0 Å². The molecule has 5 nitrogen and oxygen atoms in total. The molecule has 1 aromatic rings. The molecule has 1 atom stereocenters. The van der Waals surface area contributed by atoms with Crippen molar-refractivity contribution in [3.63, 3.8) is 0 Å². The largest absolute Gasteiger partial charge is 0.480 e. The average molecular weight is 325 g/mol. The van der Waals surface area contributed by atoms with Crippen molar-refractivity contribution in [2.24, 2.45) is 0 Å². The third-order valence-electron chi connectivity index (χ3n) is 2.27. The highest BCUT2D eigenvalue weighted by atomic mass is 79.9. The molecule has 3 N–H and O–H groups in total. The molecule has 19 heavy (non-hydrogen) atoms. The van der Waals surface area contributed by atoms with E-state index in [9.17, 15) is 9.59 Å². The first-order valence-electron chi connectivity index (χ1n) is 5.48. The van der Waals surface area contributed by atoms with Crippen LogP contribution in [0.2, 0.25) is 0 Å². The first kappa shape index (κ1) is 15.1. The summed E-state index contributed by atoms with van der Waals surface area (Å²) in [5, 5.41) is 13.7. The van der Waals surface area contributed by atoms with Crippen LogP contribution >= 0.6 is 15.9 Å². The molecular formula is C13H13BrN2O3. The van der Waals surface area contributed by atoms with Gasteiger partial charge in [-0.05, 0) is 17.7 Å². The van der Waals surface area contributed by atoms with E-state index in [0.717, 1.165) is 10.0 Å². The molecule has 0 spiro atoms. The summed E-state index contributed by atoms with van der Waals surface area (Å²) >= 11 is 3.32. The number of carbonyl (C=O) groups is 2. The second kappa shape index (κ2) is 7.44. The SMILES string of the molecule is C#CCC(NC(=O)NCc1cccc(Br)c1)C(=O)O. The van der Waals surface area contributed by atoms with Gasteiger partial charge in [0, 0.05) is 17.4 Å². The Balaban J connectivity index is 2.47. The van der Waals surface area contributed by atoms with Gasteiger partial charge in [0.25, 0.3) is 0 Å². The van der Waals surface area contributed by atoms with E-state index in [1.54, 1.807) is 0 Å². The van der Waals surface area contributed by atoms with E-state index in [2.05, 4.69) is 32.5 Å². The zero-order chi connectivity index (χ0) is 14.3. The molecule has 0 aliphatic carbocycles. The Morgan fingerprint density at radius 2 is 2.21 bits per heavy atom. The minimum Gasteiger partial charge on any atom is -0.480 e. The highest BCUT2D eigenvalue weighted by molar-refractivity contribution is 9.10. The number of carbonyl (C=O) groups excluding carboxylic acids is 1. The van der Waals surface area contributed by atoms with Crippen LogP contribution in [0.4, 0.5) is 4.79 Å². The van der Waals surface area contributed by atoms with Crippen molar-refractivity contribution < 1.29 is 14.7 Å². The number of benzene rings is 1. The van der Waals surface area contributed by atoms with E-state index >= 15 is 0 Å². The molecule has 0 aromatic heterocycles. The molecule has 0 aliphatic rings. The summed E-state index contributed by atoms with van der Waals surface area (Å²) in [6.45, 7) is 0.299. The molecule has 0 bridgehead atoms. The van der Waals surface area contributed by atoms with Crippen LogP contribution in [0, 0.1) is 12.3 Å². The summed E-state index contributed by atoms with van der Waals surface area (Å²) in [5.41, 5.74) is 0.897. The number of terminal acetylenes is 1. The predicted molar refractivity (Wildman–Crippen MR) is 74.4 cm³/mol. The molecule has 0 saturated heterocycles. The van der Waals surface area contributed by atoms with Crippen molar-refractivity contribution in [3.8, 4) is 12.3 Å². The Kier molecular flexibility index (Phi) is 5.90. The second-order valence-electron chi connectivity index (χ2n) is 3.76. The van der Waals surface area contributed by atoms with Crippen LogP contribution in [0.25, 0.3) is 0 Å². The highest BCUT2D eigenvalue weighted by Crippen LogP contribution is 2.11. The van der Waals surface area contributed by atoms with E-state index < -0.39 is 18.0 Å². The number of nitrogens with one attached hydrogen (secondary N) is 2. The van der Waals surface area contributed by atoms with Gasteiger partial charge < -0.3 is 15.7 Å². The normalized spacial score (nSPS) is 11.2. The number of rotatable bonds is 5. The minimum absolute atomic E-state index is 0.0559. The van der Waals surface area contributed by atoms with Crippen molar-refractivity contribution in [2.75, 3.05) is 0 Å². The molecule has 0 saturated carbocycles. The molecule has 100 valence electrons. The molecule has 6 heteroatoms. The first-order chi connectivity index (χ1) is 9.02. The number of aliphatic carboxylic acids is 1. The molecule has 0 fully saturated rings. The van der Waals surface area contributed by atoms with Crippen molar-refractivity contribution >= 4 is 27.9 Å². The van der Waals surface area contributed by atoms with Crippen LogP contribution in [-0.2, 0) is 11.3 Å². The Bertz CT molecular complexity index is 511. The fourth-order valence-corrected chi connectivity index (χ4v) is 1.80. The van der Waals surface area contributed by atoms with Gasteiger partial charge in [-0.2, -0.15) is 0 Å². The molecule has 1 aromatic carbocycles. The van der Waals surface area contributed by atoms with E-state index in [1.165, 1.54) is 0 Å². The van der Waals surface area contributed by atoms with E-state index in [0.29, 0.717) is 6.54 Å². The van der Waals surface area contributed by atoms with Gasteiger partial charge in [-0.1, -0.05) is 28.1 Å². The van der Waals surface area contributed by atoms with Crippen LogP contribution in [0.5, 0.6) is 0 Å². The Morgan fingerprint density at radius 1 is 1.47 bits per heavy atom. The van der Waals surface area contributed by atoms with Crippen LogP contribution in [0.15, 0.2) is 28.7 Å². The number of carboxylic acids is 1. The van der Waals surface area contributed by atoms with Gasteiger partial charge >= 0.3 is 12.0 Å². The van der Waals surface area contributed by atoms with Gasteiger partial charge in [-0.25, -0.2) is 9.59 Å². The maximum atomic E-state index is 11.5. The lowest BCUT2D eigenvalue weighted by molar-refractivity contribution is -0.139. The van der Waals surface area contributed by atoms with Gasteiger partial charge in [-0.3, -0.25) is 0 Å². The fourth-order valence-electron chi connectivity index (χ4n) is 1.36. The smallest absolute Gasteiger partial charge is 0.327 e. The summed E-state index contributed by atoms with van der Waals surface area (Å²) in [4.78, 5) is 22.3. The fraction of sp³-hybridized carbons (Fsp3) is 0.231. The topological polar surface area (TPSA) is 78.4 Å². The molecule has 1 rings (SSSR count). The Labute approximate surface area is 119 Å². The molecule has 0 heterocycles. The molecular weight excluding hydrogens is 312 g/mol. The number of halogens is 1. The lowest BCUT2D eigenvalue weighted by Crippen LogP contribution is -2.45. The number of hydrogen-bond donors (Lipinski definition) is 3. The lowest BCUT2D eigenvalue weighted by Gasteiger charge is -2.12. The summed E-state index contributed by atoms with van der Waals surface area (Å²) in [6.07, 6.45) is 4.98.